The van der Waals surface area contributed by atoms with Crippen molar-refractivity contribution in [1.29, 1.82) is 0 Å². The number of ether oxygens (including phenoxy) is 9. The number of nitrogens with zero attached hydrogens (tertiary/aromatic N) is 2. The normalized spacial score (nSPS) is 19.6. The number of cyclic esters (lactones) is 2. The minimum atomic E-state index is -0.928. The van der Waals surface area contributed by atoms with Crippen LogP contribution in [0.25, 0.3) is 56.2 Å². The molecule has 400 valence electrons. The highest BCUT2D eigenvalue weighted by molar-refractivity contribution is 6.01. The Kier molecular flexibility index (Phi) is 17.2. The number of carbonyl (C=O) groups is 4. The number of rotatable bonds is 22. The van der Waals surface area contributed by atoms with E-state index in [1.807, 2.05) is 60.7 Å². The van der Waals surface area contributed by atoms with E-state index in [0.29, 0.717) is 0 Å². The summed E-state index contributed by atoms with van der Waals surface area (Å²) in [5.41, 5.74) is 8.84. The Morgan fingerprint density at radius 2 is 0.896 bits per heavy atom. The lowest BCUT2D eigenvalue weighted by Crippen LogP contribution is -2.34. The second kappa shape index (κ2) is 25.0. The van der Waals surface area contributed by atoms with Crippen LogP contribution >= 0.6 is 0 Å². The molecule has 2 aliphatic carbocycles. The molecular weight excluding hydrogens is 995 g/mol. The van der Waals surface area contributed by atoms with Crippen LogP contribution in [-0.4, -0.2) is 111 Å². The van der Waals surface area contributed by atoms with E-state index in [-0.39, 0.29) is 102 Å². The minimum absolute atomic E-state index is 0.0791. The Bertz CT molecular complexity index is 2930. The van der Waals surface area contributed by atoms with Crippen LogP contribution in [-0.2, 0) is 52.2 Å². The van der Waals surface area contributed by atoms with E-state index in [0.717, 1.165) is 92.3 Å². The van der Waals surface area contributed by atoms with Gasteiger partial charge in [0.1, 0.15) is 49.3 Å². The van der Waals surface area contributed by atoms with Crippen LogP contribution in [0, 0.1) is 11.6 Å². The summed E-state index contributed by atoms with van der Waals surface area (Å²) in [5, 5.41) is 1.84. The number of hydrogen-bond donors (Lipinski definition) is 0. The lowest BCUT2D eigenvalue weighted by Gasteiger charge is -2.26. The topological polar surface area (TPSA) is 177 Å². The standard InChI is InChI=1S/C60H58F2N2O13/c61-41-17-13-37(14-18-41)55-47-5-1-3-7-51(47)63-57(39-9-10-39)49(55)23-21-43-33-45(35-53(65)74-43)76-59(67)72-31-29-70-27-25-69-26-28-71-30-32-73-60(68)77-46-34-44(75-54(66)36-46)22-24-50-56(38-15-19-42(62)20-16-38)48-6-2-4-8-52(48)64-58(50)40-11-12-40/h1-8,13-24,39-40,43-46H,9-12,25-36H2. The van der Waals surface area contributed by atoms with Crippen molar-refractivity contribution in [1.82, 2.24) is 9.97 Å². The van der Waals surface area contributed by atoms with Crippen LogP contribution in [0.2, 0.25) is 0 Å². The summed E-state index contributed by atoms with van der Waals surface area (Å²) in [6.45, 7) is 0.946. The Labute approximate surface area is 443 Å². The van der Waals surface area contributed by atoms with Gasteiger partial charge in [-0.25, -0.2) is 18.4 Å². The third kappa shape index (κ3) is 14.1. The highest BCUT2D eigenvalue weighted by Gasteiger charge is 2.34. The molecule has 4 unspecified atom stereocenters. The van der Waals surface area contributed by atoms with Crippen LogP contribution in [0.4, 0.5) is 18.4 Å². The average Bonchev–Trinajstić information content (AvgIpc) is 4.49. The summed E-state index contributed by atoms with van der Waals surface area (Å²) >= 11 is 0. The van der Waals surface area contributed by atoms with Gasteiger partial charge in [-0.05, 0) is 85.4 Å². The summed E-state index contributed by atoms with van der Waals surface area (Å²) in [7, 11) is 0. The Hall–Kier alpha value is -7.60. The summed E-state index contributed by atoms with van der Waals surface area (Å²) in [6, 6.07) is 28.4. The zero-order valence-electron chi connectivity index (χ0n) is 42.3. The van der Waals surface area contributed by atoms with Gasteiger partial charge in [0.05, 0.1) is 74.9 Å². The molecule has 4 heterocycles. The van der Waals surface area contributed by atoms with Gasteiger partial charge >= 0.3 is 24.2 Å². The number of benzene rings is 4. The molecule has 0 bridgehead atoms. The number of pyridine rings is 2. The molecule has 4 atom stereocenters. The third-order valence-corrected chi connectivity index (χ3v) is 13.6. The van der Waals surface area contributed by atoms with E-state index in [9.17, 15) is 28.0 Å². The maximum atomic E-state index is 14.0. The number of esters is 2. The fourth-order valence-electron chi connectivity index (χ4n) is 9.68. The first-order chi connectivity index (χ1) is 37.6. The van der Waals surface area contributed by atoms with Crippen LogP contribution in [0.15, 0.2) is 109 Å². The monoisotopic (exact) mass is 1050 g/mol. The van der Waals surface area contributed by atoms with E-state index in [1.165, 1.54) is 24.3 Å². The number of carbonyl (C=O) groups excluding carboxylic acids is 4. The first-order valence-electron chi connectivity index (χ1n) is 26.1. The number of aromatic nitrogens is 2. The maximum absolute atomic E-state index is 14.0. The van der Waals surface area contributed by atoms with E-state index < -0.39 is 48.7 Å². The number of halogens is 2. The molecule has 10 rings (SSSR count). The first kappa shape index (κ1) is 52.8. The predicted octanol–water partition coefficient (Wildman–Crippen LogP) is 11.4. The minimum Gasteiger partial charge on any atom is -0.458 e. The smallest absolute Gasteiger partial charge is 0.458 e. The molecule has 2 saturated heterocycles. The van der Waals surface area contributed by atoms with Crippen molar-refractivity contribution < 1.29 is 70.6 Å². The molecule has 4 aliphatic rings. The van der Waals surface area contributed by atoms with Crippen molar-refractivity contribution in [3.63, 3.8) is 0 Å². The SMILES string of the molecule is O=C1CC(OC(=O)OCCOCCOCCOCCOC(=O)OC2CC(=O)OC(C=Cc3c(C4CC4)nc4ccccc4c3-c3ccc(F)cc3)C2)CC(C=Cc2c(C3CC3)nc3ccccc3c2-c2ccc(F)cc2)O1. The van der Waals surface area contributed by atoms with Gasteiger partial charge in [-0.1, -0.05) is 72.8 Å². The van der Waals surface area contributed by atoms with Gasteiger partial charge in [0, 0.05) is 57.7 Å². The first-order valence-corrected chi connectivity index (χ1v) is 26.1. The summed E-state index contributed by atoms with van der Waals surface area (Å²) in [4.78, 5) is 60.5. The van der Waals surface area contributed by atoms with Gasteiger partial charge in [0.25, 0.3) is 0 Å². The number of fused-ring (bicyclic) bond motifs is 2. The van der Waals surface area contributed by atoms with E-state index >= 15 is 0 Å². The second-order valence-electron chi connectivity index (χ2n) is 19.3. The van der Waals surface area contributed by atoms with E-state index in [2.05, 4.69) is 0 Å². The molecule has 17 heteroatoms. The van der Waals surface area contributed by atoms with E-state index in [1.54, 1.807) is 36.4 Å². The van der Waals surface area contributed by atoms with Crippen molar-refractivity contribution >= 4 is 58.2 Å². The molecule has 4 fully saturated rings. The molecule has 0 N–H and O–H groups in total. The lowest BCUT2D eigenvalue weighted by atomic mass is 9.92. The third-order valence-electron chi connectivity index (χ3n) is 13.6. The Morgan fingerprint density at radius 3 is 1.29 bits per heavy atom. The molecule has 0 radical (unpaired) electrons. The maximum Gasteiger partial charge on any atom is 0.508 e. The highest BCUT2D eigenvalue weighted by Crippen LogP contribution is 2.47. The molecular formula is C60H58F2N2O13. The zero-order chi connectivity index (χ0) is 53.1. The van der Waals surface area contributed by atoms with Gasteiger partial charge in [-0.2, -0.15) is 0 Å². The van der Waals surface area contributed by atoms with Crippen LogP contribution in [0.5, 0.6) is 0 Å². The molecule has 0 amide bonds. The molecule has 4 aromatic carbocycles. The number of para-hydroxylation sites is 2. The lowest BCUT2D eigenvalue weighted by molar-refractivity contribution is -0.158. The summed E-state index contributed by atoms with van der Waals surface area (Å²) < 4.78 is 77.1. The molecule has 2 saturated carbocycles. The van der Waals surface area contributed by atoms with Crippen molar-refractivity contribution in [2.45, 2.75) is 87.6 Å². The van der Waals surface area contributed by atoms with Gasteiger partial charge in [0.15, 0.2) is 0 Å². The highest BCUT2D eigenvalue weighted by atomic mass is 19.1. The predicted molar refractivity (Wildman–Crippen MR) is 279 cm³/mol. The largest absolute Gasteiger partial charge is 0.508 e. The molecule has 0 spiro atoms. The Morgan fingerprint density at radius 1 is 0.519 bits per heavy atom. The van der Waals surface area contributed by atoms with Gasteiger partial charge in [0.2, 0.25) is 0 Å². The zero-order valence-corrected chi connectivity index (χ0v) is 42.3. The number of hydrogen-bond acceptors (Lipinski definition) is 15. The summed E-state index contributed by atoms with van der Waals surface area (Å²) in [5.74, 6) is -1.10. The van der Waals surface area contributed by atoms with Crippen LogP contribution in [0.1, 0.15) is 85.7 Å². The second-order valence-corrected chi connectivity index (χ2v) is 19.3. The van der Waals surface area contributed by atoms with Crippen LogP contribution < -0.4 is 0 Å². The Balaban J connectivity index is 0.596. The fourth-order valence-corrected chi connectivity index (χ4v) is 9.68. The van der Waals surface area contributed by atoms with Crippen molar-refractivity contribution in [3.05, 3.63) is 143 Å². The quantitative estimate of drug-likeness (QED) is 0.0356. The molecule has 77 heavy (non-hydrogen) atoms. The molecule has 15 nitrogen and oxygen atoms in total. The van der Waals surface area contributed by atoms with E-state index in [4.69, 9.17) is 52.6 Å². The van der Waals surface area contributed by atoms with Gasteiger partial charge in [-0.3, -0.25) is 19.6 Å². The van der Waals surface area contributed by atoms with Crippen molar-refractivity contribution in [2.24, 2.45) is 0 Å². The molecule has 2 aromatic heterocycles. The fraction of sp³-hybridized carbons (Fsp3) is 0.367. The summed E-state index contributed by atoms with van der Waals surface area (Å²) in [6.07, 6.45) is 6.95. The molecule has 2 aliphatic heterocycles. The average molecular weight is 1050 g/mol. The van der Waals surface area contributed by atoms with Crippen LogP contribution in [0.3, 0.4) is 0 Å². The van der Waals surface area contributed by atoms with Gasteiger partial charge in [-0.15, -0.1) is 0 Å². The van der Waals surface area contributed by atoms with Crippen molar-refractivity contribution in [3.8, 4) is 22.3 Å². The molecule has 6 aromatic rings. The van der Waals surface area contributed by atoms with Crippen molar-refractivity contribution in [2.75, 3.05) is 52.9 Å². The van der Waals surface area contributed by atoms with Gasteiger partial charge < -0.3 is 42.6 Å².